The number of nitrogens with one attached hydrogen (secondary N) is 2. The molecule has 0 aliphatic heterocycles. The van der Waals surface area contributed by atoms with Crippen LogP contribution in [0, 0.1) is 6.92 Å². The number of anilines is 1. The van der Waals surface area contributed by atoms with E-state index in [9.17, 15) is 4.79 Å². The highest BCUT2D eigenvalue weighted by Gasteiger charge is 2.09. The number of hydrogen-bond acceptors (Lipinski definition) is 4. The van der Waals surface area contributed by atoms with Gasteiger partial charge in [0.25, 0.3) is 0 Å². The Bertz CT molecular complexity index is 555. The molecule has 20 heavy (non-hydrogen) atoms. The molecule has 1 aromatic carbocycles. The first-order valence-corrected chi connectivity index (χ1v) is 7.36. The summed E-state index contributed by atoms with van der Waals surface area (Å²) in [7, 11) is 0. The van der Waals surface area contributed by atoms with Crippen LogP contribution >= 0.6 is 11.3 Å². The maximum absolute atomic E-state index is 11.8. The maximum Gasteiger partial charge on any atom is 0.321 e. The summed E-state index contributed by atoms with van der Waals surface area (Å²) < 4.78 is 0. The van der Waals surface area contributed by atoms with Gasteiger partial charge in [-0.2, -0.15) is 0 Å². The van der Waals surface area contributed by atoms with Crippen molar-refractivity contribution in [3.8, 4) is 0 Å². The van der Waals surface area contributed by atoms with Crippen molar-refractivity contribution in [1.29, 1.82) is 0 Å². The van der Waals surface area contributed by atoms with Crippen LogP contribution in [0.15, 0.2) is 30.3 Å². The average Bonchev–Trinajstić information content (AvgIpc) is 2.83. The van der Waals surface area contributed by atoms with Crippen molar-refractivity contribution in [3.63, 3.8) is 0 Å². The third-order valence-corrected chi connectivity index (χ3v) is 3.59. The van der Waals surface area contributed by atoms with Gasteiger partial charge in [-0.05, 0) is 32.3 Å². The third kappa shape index (κ3) is 4.62. The van der Waals surface area contributed by atoms with Gasteiger partial charge in [-0.25, -0.2) is 4.79 Å². The largest absolute Gasteiger partial charge is 0.335 e. The standard InChI is InChI=1S/C14H18N4OS/c1-10(8-9-12-6-4-3-5-7-12)15-13(19)16-14-18-17-11(2)20-14/h3-7,10H,8-9H2,1-2H3,(H2,15,16,18,19)/t10-/m0/s1. The number of amides is 2. The molecule has 2 aromatic rings. The van der Waals surface area contributed by atoms with Gasteiger partial charge in [0.1, 0.15) is 5.01 Å². The molecular formula is C14H18N4OS. The summed E-state index contributed by atoms with van der Waals surface area (Å²) >= 11 is 1.36. The molecule has 0 aliphatic rings. The molecule has 1 atom stereocenters. The fourth-order valence-corrected chi connectivity index (χ4v) is 2.39. The summed E-state index contributed by atoms with van der Waals surface area (Å²) in [5.74, 6) is 0. The van der Waals surface area contributed by atoms with Crippen LogP contribution in [0.4, 0.5) is 9.93 Å². The number of aromatic nitrogens is 2. The molecule has 6 heteroatoms. The van der Waals surface area contributed by atoms with E-state index in [0.717, 1.165) is 17.8 Å². The highest BCUT2D eigenvalue weighted by Crippen LogP contribution is 2.13. The van der Waals surface area contributed by atoms with Crippen LogP contribution in [0.3, 0.4) is 0 Å². The van der Waals surface area contributed by atoms with Gasteiger partial charge in [0, 0.05) is 6.04 Å². The van der Waals surface area contributed by atoms with Gasteiger partial charge in [-0.15, -0.1) is 10.2 Å². The van der Waals surface area contributed by atoms with Gasteiger partial charge in [-0.3, -0.25) is 5.32 Å². The van der Waals surface area contributed by atoms with Crippen molar-refractivity contribution < 1.29 is 4.79 Å². The molecule has 2 rings (SSSR count). The van der Waals surface area contributed by atoms with Crippen molar-refractivity contribution in [2.45, 2.75) is 32.7 Å². The average molecular weight is 290 g/mol. The van der Waals surface area contributed by atoms with Crippen molar-refractivity contribution in [3.05, 3.63) is 40.9 Å². The summed E-state index contributed by atoms with van der Waals surface area (Å²) in [6.45, 7) is 3.84. The SMILES string of the molecule is Cc1nnc(NC(=O)N[C@@H](C)CCc2ccccc2)s1. The minimum atomic E-state index is -0.235. The van der Waals surface area contributed by atoms with Crippen LogP contribution < -0.4 is 10.6 Å². The van der Waals surface area contributed by atoms with Gasteiger partial charge >= 0.3 is 6.03 Å². The Morgan fingerprint density at radius 2 is 2.05 bits per heavy atom. The van der Waals surface area contributed by atoms with E-state index in [-0.39, 0.29) is 12.1 Å². The molecule has 5 nitrogen and oxygen atoms in total. The summed E-state index contributed by atoms with van der Waals surface area (Å²) in [5.41, 5.74) is 1.28. The molecule has 0 saturated carbocycles. The van der Waals surface area contributed by atoms with Gasteiger partial charge in [0.15, 0.2) is 0 Å². The van der Waals surface area contributed by atoms with E-state index in [0.29, 0.717) is 5.13 Å². The van der Waals surface area contributed by atoms with Gasteiger partial charge in [0.2, 0.25) is 5.13 Å². The van der Waals surface area contributed by atoms with Gasteiger partial charge in [0.05, 0.1) is 0 Å². The first-order chi connectivity index (χ1) is 9.63. The predicted molar refractivity (Wildman–Crippen MR) is 81.0 cm³/mol. The van der Waals surface area contributed by atoms with Crippen LogP contribution in [0.5, 0.6) is 0 Å². The number of rotatable bonds is 5. The number of urea groups is 1. The van der Waals surface area contributed by atoms with E-state index in [1.807, 2.05) is 32.0 Å². The second-order valence-corrected chi connectivity index (χ2v) is 5.83. The highest BCUT2D eigenvalue weighted by atomic mass is 32.1. The molecule has 0 aliphatic carbocycles. The van der Waals surface area contributed by atoms with Crippen molar-refractivity contribution in [1.82, 2.24) is 15.5 Å². The fourth-order valence-electron chi connectivity index (χ4n) is 1.80. The summed E-state index contributed by atoms with van der Waals surface area (Å²) in [6.07, 6.45) is 1.84. The molecule has 1 heterocycles. The third-order valence-electron chi connectivity index (χ3n) is 2.83. The number of carbonyl (C=O) groups is 1. The Morgan fingerprint density at radius 1 is 1.30 bits per heavy atom. The molecule has 1 aromatic heterocycles. The smallest absolute Gasteiger partial charge is 0.321 e. The van der Waals surface area contributed by atoms with Crippen LogP contribution in [0.2, 0.25) is 0 Å². The lowest BCUT2D eigenvalue weighted by Gasteiger charge is -2.13. The summed E-state index contributed by atoms with van der Waals surface area (Å²) in [4.78, 5) is 11.8. The lowest BCUT2D eigenvalue weighted by Crippen LogP contribution is -2.36. The Hall–Kier alpha value is -1.95. The Morgan fingerprint density at radius 3 is 2.70 bits per heavy atom. The Labute approximate surface area is 122 Å². The second-order valence-electron chi connectivity index (χ2n) is 4.65. The minimum absolute atomic E-state index is 0.101. The number of carbonyl (C=O) groups excluding carboxylic acids is 1. The number of aryl methyl sites for hydroxylation is 2. The molecule has 0 bridgehead atoms. The van der Waals surface area contributed by atoms with Crippen LogP contribution in [0.1, 0.15) is 23.9 Å². The lowest BCUT2D eigenvalue weighted by atomic mass is 10.1. The Balaban J connectivity index is 1.73. The van der Waals surface area contributed by atoms with E-state index in [4.69, 9.17) is 0 Å². The van der Waals surface area contributed by atoms with Crippen molar-refractivity contribution in [2.24, 2.45) is 0 Å². The quantitative estimate of drug-likeness (QED) is 0.889. The van der Waals surface area contributed by atoms with E-state index in [1.165, 1.54) is 16.9 Å². The monoisotopic (exact) mass is 290 g/mol. The maximum atomic E-state index is 11.8. The van der Waals surface area contributed by atoms with Crippen molar-refractivity contribution in [2.75, 3.05) is 5.32 Å². The van der Waals surface area contributed by atoms with Crippen LogP contribution in [0.25, 0.3) is 0 Å². The van der Waals surface area contributed by atoms with Gasteiger partial charge < -0.3 is 5.32 Å². The summed E-state index contributed by atoms with van der Waals surface area (Å²) in [5, 5.41) is 14.6. The molecule has 0 unspecified atom stereocenters. The molecular weight excluding hydrogens is 272 g/mol. The molecule has 0 saturated heterocycles. The molecule has 0 fully saturated rings. The molecule has 0 radical (unpaired) electrons. The molecule has 2 N–H and O–H groups in total. The first kappa shape index (κ1) is 14.5. The highest BCUT2D eigenvalue weighted by molar-refractivity contribution is 7.15. The van der Waals surface area contributed by atoms with E-state index >= 15 is 0 Å². The number of hydrogen-bond donors (Lipinski definition) is 2. The van der Waals surface area contributed by atoms with E-state index < -0.39 is 0 Å². The van der Waals surface area contributed by atoms with E-state index in [2.05, 4.69) is 33.0 Å². The second kappa shape index (κ2) is 7.00. The normalized spacial score (nSPS) is 11.9. The molecule has 106 valence electrons. The van der Waals surface area contributed by atoms with Crippen LogP contribution in [-0.2, 0) is 6.42 Å². The molecule has 0 spiro atoms. The van der Waals surface area contributed by atoms with Crippen LogP contribution in [-0.4, -0.2) is 22.3 Å². The Kier molecular flexibility index (Phi) is 5.06. The minimum Gasteiger partial charge on any atom is -0.335 e. The molecule has 2 amide bonds. The van der Waals surface area contributed by atoms with E-state index in [1.54, 1.807) is 0 Å². The topological polar surface area (TPSA) is 66.9 Å². The summed E-state index contributed by atoms with van der Waals surface area (Å²) in [6, 6.07) is 10.1. The fraction of sp³-hybridized carbons (Fsp3) is 0.357. The number of benzene rings is 1. The zero-order valence-corrected chi connectivity index (χ0v) is 12.4. The predicted octanol–water partition coefficient (Wildman–Crippen LogP) is 2.99. The first-order valence-electron chi connectivity index (χ1n) is 6.55. The van der Waals surface area contributed by atoms with Crippen molar-refractivity contribution >= 4 is 22.5 Å². The lowest BCUT2D eigenvalue weighted by molar-refractivity contribution is 0.248. The number of nitrogens with zero attached hydrogens (tertiary/aromatic N) is 2. The zero-order valence-electron chi connectivity index (χ0n) is 11.6. The van der Waals surface area contributed by atoms with Gasteiger partial charge in [-0.1, -0.05) is 41.7 Å². The zero-order chi connectivity index (χ0) is 14.4.